The van der Waals surface area contributed by atoms with E-state index in [1.165, 1.54) is 7.11 Å². The highest BCUT2D eigenvalue weighted by molar-refractivity contribution is 6.38. The van der Waals surface area contributed by atoms with E-state index in [1.807, 2.05) is 19.1 Å². The molecule has 244 valence electrons. The number of rotatable bonds is 5. The van der Waals surface area contributed by atoms with Crippen LogP contribution in [0.15, 0.2) is 18.3 Å². The predicted octanol–water partition coefficient (Wildman–Crippen LogP) is 6.08. The quantitative estimate of drug-likeness (QED) is 0.271. The molecule has 0 spiro atoms. The predicted molar refractivity (Wildman–Crippen MR) is 171 cm³/mol. The third-order valence-corrected chi connectivity index (χ3v) is 9.35. The van der Waals surface area contributed by atoms with Crippen molar-refractivity contribution in [1.82, 2.24) is 35.0 Å². The molecule has 14 heteroatoms. The fourth-order valence-corrected chi connectivity index (χ4v) is 7.24. The largest absolute Gasteiger partial charge is 0.480 e. The fourth-order valence-electron chi connectivity index (χ4n) is 6.95. The lowest BCUT2D eigenvalue weighted by atomic mass is 9.95. The van der Waals surface area contributed by atoms with Crippen LogP contribution in [-0.2, 0) is 9.47 Å². The normalized spacial score (nSPS) is 24.8. The van der Waals surface area contributed by atoms with E-state index in [9.17, 15) is 4.79 Å². The molecule has 0 saturated carbocycles. The number of ether oxygens (including phenoxy) is 3. The minimum absolute atomic E-state index is 0.0207. The molecule has 4 aromatic rings. The molecule has 3 saturated heterocycles. The number of methoxy groups -OCH3 is 1. The second-order valence-corrected chi connectivity index (χ2v) is 13.6. The molecule has 1 amide bonds. The maximum Gasteiger partial charge on any atom is 0.407 e. The summed E-state index contributed by atoms with van der Waals surface area (Å²) in [5.74, 6) is 0.964. The first kappa shape index (κ1) is 30.8. The molecule has 0 aliphatic carbocycles. The summed E-state index contributed by atoms with van der Waals surface area (Å²) in [4.78, 5) is 33.7. The molecular formula is C32H38ClFN8O4. The average molecular weight is 653 g/mol. The van der Waals surface area contributed by atoms with Gasteiger partial charge in [0.2, 0.25) is 5.88 Å². The van der Waals surface area contributed by atoms with E-state index in [2.05, 4.69) is 20.2 Å². The molecule has 6 heterocycles. The van der Waals surface area contributed by atoms with Crippen molar-refractivity contribution in [2.24, 2.45) is 0 Å². The number of hydrogen-bond donors (Lipinski definition) is 1. The van der Waals surface area contributed by atoms with Crippen LogP contribution in [0.4, 0.5) is 15.0 Å². The Bertz CT molecular complexity index is 1810. The first-order valence-corrected chi connectivity index (χ1v) is 16.2. The second kappa shape index (κ2) is 11.8. The minimum Gasteiger partial charge on any atom is -0.480 e. The Balaban J connectivity index is 1.29. The minimum atomic E-state index is -1.31. The van der Waals surface area contributed by atoms with Crippen LogP contribution in [0.25, 0.3) is 33.5 Å². The number of nitrogens with zero attached hydrogens (tertiary/aromatic N) is 7. The average Bonchev–Trinajstić information content (AvgIpc) is 3.56. The molecular weight excluding hydrogens is 615 g/mol. The number of benzene rings is 1. The number of nitrogens with one attached hydrogen (secondary N) is 1. The summed E-state index contributed by atoms with van der Waals surface area (Å²) >= 11 is 6.97. The van der Waals surface area contributed by atoms with Gasteiger partial charge in [0.15, 0.2) is 17.7 Å². The highest BCUT2D eigenvalue weighted by atomic mass is 35.5. The van der Waals surface area contributed by atoms with Gasteiger partial charge in [-0.2, -0.15) is 5.10 Å². The van der Waals surface area contributed by atoms with Gasteiger partial charge in [-0.3, -0.25) is 0 Å². The van der Waals surface area contributed by atoms with Crippen molar-refractivity contribution in [2.75, 3.05) is 18.6 Å². The molecule has 5 atom stereocenters. The topological polar surface area (TPSA) is 129 Å². The SMILES string of the molecule is COc1cnc2ccc(-c3nn(C4CCCCO4)c4nc(N5[C@H]6CC[C@@H]5[C@@H](F)[C@@H](NC(=O)OC(C)(C)C)C6)c(C)nc34)c(Cl)c2n1. The van der Waals surface area contributed by atoms with Gasteiger partial charge < -0.3 is 24.4 Å². The van der Waals surface area contributed by atoms with Gasteiger partial charge in [-0.15, -0.1) is 0 Å². The molecule has 3 aromatic heterocycles. The Morgan fingerprint density at radius 3 is 2.70 bits per heavy atom. The lowest BCUT2D eigenvalue weighted by molar-refractivity contribution is -0.0368. The zero-order valence-corrected chi connectivity index (χ0v) is 27.3. The molecule has 46 heavy (non-hydrogen) atoms. The Hall–Kier alpha value is -3.84. The number of fused-ring (bicyclic) bond motifs is 4. The molecule has 7 rings (SSSR count). The first-order valence-electron chi connectivity index (χ1n) is 15.8. The Kier molecular flexibility index (Phi) is 7.87. The molecule has 12 nitrogen and oxygen atoms in total. The second-order valence-electron chi connectivity index (χ2n) is 13.3. The molecule has 0 radical (unpaired) electrons. The summed E-state index contributed by atoms with van der Waals surface area (Å²) in [5, 5.41) is 8.17. The van der Waals surface area contributed by atoms with Crippen molar-refractivity contribution in [3.8, 4) is 17.1 Å². The van der Waals surface area contributed by atoms with Crippen LogP contribution in [0.2, 0.25) is 5.02 Å². The summed E-state index contributed by atoms with van der Waals surface area (Å²) < 4.78 is 34.8. The van der Waals surface area contributed by atoms with Crippen LogP contribution in [0.1, 0.15) is 71.2 Å². The number of anilines is 1. The van der Waals surface area contributed by atoms with Gasteiger partial charge in [0.25, 0.3) is 0 Å². The van der Waals surface area contributed by atoms with E-state index in [-0.39, 0.29) is 12.3 Å². The van der Waals surface area contributed by atoms with Gasteiger partial charge in [0.1, 0.15) is 28.5 Å². The van der Waals surface area contributed by atoms with E-state index in [0.29, 0.717) is 75.3 Å². The van der Waals surface area contributed by atoms with Crippen molar-refractivity contribution in [2.45, 2.75) is 102 Å². The smallest absolute Gasteiger partial charge is 0.407 e. The van der Waals surface area contributed by atoms with E-state index in [4.69, 9.17) is 40.9 Å². The number of alkyl carbamates (subject to hydrolysis) is 1. The number of carbonyl (C=O) groups is 1. The lowest BCUT2D eigenvalue weighted by Crippen LogP contribution is -2.58. The zero-order valence-electron chi connectivity index (χ0n) is 26.6. The highest BCUT2D eigenvalue weighted by Gasteiger charge is 2.49. The van der Waals surface area contributed by atoms with Gasteiger partial charge in [-0.05, 0) is 78.4 Å². The van der Waals surface area contributed by atoms with Crippen LogP contribution in [0.5, 0.6) is 5.88 Å². The summed E-state index contributed by atoms with van der Waals surface area (Å²) in [6.45, 7) is 7.87. The number of hydrogen-bond acceptors (Lipinski definition) is 10. The monoisotopic (exact) mass is 652 g/mol. The molecule has 2 bridgehead atoms. The van der Waals surface area contributed by atoms with Crippen molar-refractivity contribution in [3.63, 3.8) is 0 Å². The highest BCUT2D eigenvalue weighted by Crippen LogP contribution is 2.43. The molecule has 3 aliphatic heterocycles. The number of alkyl halides is 1. The number of halogens is 2. The van der Waals surface area contributed by atoms with E-state index in [0.717, 1.165) is 25.7 Å². The molecule has 1 unspecified atom stereocenters. The van der Waals surface area contributed by atoms with Crippen LogP contribution < -0.4 is 15.0 Å². The summed E-state index contributed by atoms with van der Waals surface area (Å²) in [5.41, 5.74) is 3.39. The number of amides is 1. The Morgan fingerprint density at radius 2 is 1.96 bits per heavy atom. The molecule has 1 aromatic carbocycles. The van der Waals surface area contributed by atoms with Crippen molar-refractivity contribution >= 4 is 45.7 Å². The van der Waals surface area contributed by atoms with Gasteiger partial charge in [-0.1, -0.05) is 11.6 Å². The number of piperidine rings is 1. The van der Waals surface area contributed by atoms with Crippen LogP contribution >= 0.6 is 11.6 Å². The zero-order chi connectivity index (χ0) is 32.3. The van der Waals surface area contributed by atoms with E-state index < -0.39 is 29.9 Å². The molecule has 1 N–H and O–H groups in total. The van der Waals surface area contributed by atoms with Gasteiger partial charge in [0, 0.05) is 18.2 Å². The fraction of sp³-hybridized carbons (Fsp3) is 0.562. The number of aromatic nitrogens is 6. The van der Waals surface area contributed by atoms with Crippen molar-refractivity contribution < 1.29 is 23.4 Å². The number of aryl methyl sites for hydroxylation is 1. The standard InChI is InChI=1S/C32H38ClFN8O4/c1-16-29(41-17-9-12-21(41)25(34)20(14-17)37-31(43)46-32(2,3)4)39-30-28(36-16)26(40-42(30)23-8-6-7-13-45-23)18-10-11-19-27(24(18)33)38-22(44-5)15-35-19/h10-11,15,17,20-21,23,25H,6-9,12-14H2,1-5H3,(H,37,43)/t17-,20-,21+,23?,25-/m0/s1. The number of carbonyl (C=O) groups excluding carboxylic acids is 1. The van der Waals surface area contributed by atoms with Crippen LogP contribution in [0.3, 0.4) is 0 Å². The third-order valence-electron chi connectivity index (χ3n) is 8.97. The summed E-state index contributed by atoms with van der Waals surface area (Å²) in [7, 11) is 1.53. The van der Waals surface area contributed by atoms with Crippen LogP contribution in [0, 0.1) is 6.92 Å². The van der Waals surface area contributed by atoms with Gasteiger partial charge in [-0.25, -0.2) is 33.8 Å². The van der Waals surface area contributed by atoms with Crippen molar-refractivity contribution in [3.05, 3.63) is 29.0 Å². The maximum absolute atomic E-state index is 16.1. The Labute approximate surface area is 271 Å². The van der Waals surface area contributed by atoms with Gasteiger partial charge in [0.05, 0.1) is 41.6 Å². The van der Waals surface area contributed by atoms with Gasteiger partial charge >= 0.3 is 6.09 Å². The van der Waals surface area contributed by atoms with Crippen LogP contribution in [-0.4, -0.2) is 79.4 Å². The summed E-state index contributed by atoms with van der Waals surface area (Å²) in [6.07, 6.45) is 3.90. The maximum atomic E-state index is 16.1. The third kappa shape index (κ3) is 5.46. The Morgan fingerprint density at radius 1 is 1.13 bits per heavy atom. The molecule has 3 fully saturated rings. The van der Waals surface area contributed by atoms with E-state index in [1.54, 1.807) is 31.6 Å². The summed E-state index contributed by atoms with van der Waals surface area (Å²) in [6, 6.07) is 2.57. The van der Waals surface area contributed by atoms with Crippen molar-refractivity contribution in [1.29, 1.82) is 0 Å². The first-order chi connectivity index (χ1) is 22.0. The molecule has 3 aliphatic rings. The van der Waals surface area contributed by atoms with E-state index >= 15 is 4.39 Å². The lowest BCUT2D eigenvalue weighted by Gasteiger charge is -2.42.